The Kier molecular flexibility index (Phi) is 6.87. The smallest absolute Gasteiger partial charge is 0.257 e. The summed E-state index contributed by atoms with van der Waals surface area (Å²) >= 11 is 1.64. The lowest BCUT2D eigenvalue weighted by atomic mass is 10.1. The van der Waals surface area contributed by atoms with Crippen molar-refractivity contribution in [2.45, 2.75) is 29.2 Å². The van der Waals surface area contributed by atoms with Gasteiger partial charge in [0, 0.05) is 31.6 Å². The number of methoxy groups -OCH3 is 1. The van der Waals surface area contributed by atoms with E-state index in [2.05, 4.69) is 0 Å². The normalized spacial score (nSPS) is 14.4. The van der Waals surface area contributed by atoms with Gasteiger partial charge in [0.15, 0.2) is 0 Å². The third-order valence-electron chi connectivity index (χ3n) is 5.07. The van der Waals surface area contributed by atoms with Gasteiger partial charge in [-0.1, -0.05) is 12.1 Å². The van der Waals surface area contributed by atoms with Crippen LogP contribution in [-0.2, 0) is 16.6 Å². The van der Waals surface area contributed by atoms with Gasteiger partial charge in [0.2, 0.25) is 10.0 Å². The zero-order chi connectivity index (χ0) is 21.0. The maximum Gasteiger partial charge on any atom is 0.257 e. The van der Waals surface area contributed by atoms with Gasteiger partial charge in [-0.05, 0) is 55.0 Å². The Hall–Kier alpha value is -2.03. The van der Waals surface area contributed by atoms with Gasteiger partial charge in [-0.15, -0.1) is 11.8 Å². The highest BCUT2D eigenvalue weighted by molar-refractivity contribution is 7.98. The van der Waals surface area contributed by atoms with Crippen LogP contribution in [0.5, 0.6) is 5.75 Å². The molecule has 6 nitrogen and oxygen atoms in total. The third kappa shape index (κ3) is 4.76. The molecule has 0 unspecified atom stereocenters. The zero-order valence-corrected chi connectivity index (χ0v) is 18.6. The summed E-state index contributed by atoms with van der Waals surface area (Å²) in [7, 11) is -0.729. The molecule has 1 heterocycles. The van der Waals surface area contributed by atoms with Crippen molar-refractivity contribution in [1.29, 1.82) is 0 Å². The van der Waals surface area contributed by atoms with E-state index in [0.29, 0.717) is 18.8 Å². The maximum absolute atomic E-state index is 13.1. The van der Waals surface area contributed by atoms with E-state index >= 15 is 0 Å². The van der Waals surface area contributed by atoms with E-state index < -0.39 is 10.0 Å². The first kappa shape index (κ1) is 21.7. The summed E-state index contributed by atoms with van der Waals surface area (Å²) in [6, 6.07) is 12.3. The molecule has 3 rings (SSSR count). The predicted octanol–water partition coefficient (Wildman–Crippen LogP) is 3.47. The first-order valence-electron chi connectivity index (χ1n) is 9.43. The molecule has 0 bridgehead atoms. The molecule has 0 spiro atoms. The number of hydrogen-bond donors (Lipinski definition) is 0. The highest BCUT2D eigenvalue weighted by atomic mass is 32.2. The highest BCUT2D eigenvalue weighted by Gasteiger charge is 2.27. The number of thioether (sulfide) groups is 1. The topological polar surface area (TPSA) is 66.9 Å². The molecule has 1 aliphatic heterocycles. The average Bonchev–Trinajstić information content (AvgIpc) is 3.28. The molecule has 0 N–H and O–H groups in total. The van der Waals surface area contributed by atoms with E-state index in [0.717, 1.165) is 23.3 Å². The third-order valence-corrected chi connectivity index (χ3v) is 7.61. The van der Waals surface area contributed by atoms with Crippen molar-refractivity contribution < 1.29 is 17.9 Å². The number of nitrogens with zero attached hydrogens (tertiary/aromatic N) is 2. The molecule has 29 heavy (non-hydrogen) atoms. The second kappa shape index (κ2) is 9.19. The van der Waals surface area contributed by atoms with Crippen molar-refractivity contribution in [3.63, 3.8) is 0 Å². The van der Waals surface area contributed by atoms with Crippen molar-refractivity contribution in [3.8, 4) is 5.75 Å². The lowest BCUT2D eigenvalue weighted by molar-refractivity contribution is 0.0789. The molecular formula is C21H26N2O4S2. The van der Waals surface area contributed by atoms with Crippen LogP contribution in [0.3, 0.4) is 0 Å². The first-order valence-corrected chi connectivity index (χ1v) is 12.1. The number of rotatable bonds is 7. The van der Waals surface area contributed by atoms with Crippen molar-refractivity contribution in [1.82, 2.24) is 9.21 Å². The Morgan fingerprint density at radius 3 is 2.38 bits per heavy atom. The highest BCUT2D eigenvalue weighted by Crippen LogP contribution is 2.27. The van der Waals surface area contributed by atoms with E-state index in [1.165, 1.54) is 23.5 Å². The number of ether oxygens (including phenoxy) is 1. The largest absolute Gasteiger partial charge is 0.496 e. The monoisotopic (exact) mass is 434 g/mol. The van der Waals surface area contributed by atoms with Crippen LogP contribution in [0.15, 0.2) is 52.3 Å². The van der Waals surface area contributed by atoms with Crippen LogP contribution in [0.4, 0.5) is 0 Å². The molecule has 0 atom stereocenters. The van der Waals surface area contributed by atoms with E-state index in [4.69, 9.17) is 4.74 Å². The molecule has 1 saturated heterocycles. The van der Waals surface area contributed by atoms with Crippen molar-refractivity contribution >= 4 is 27.7 Å². The molecule has 1 amide bonds. The lowest BCUT2D eigenvalue weighted by Crippen LogP contribution is -2.29. The fourth-order valence-corrected chi connectivity index (χ4v) is 4.95. The second-order valence-electron chi connectivity index (χ2n) is 6.97. The molecule has 8 heteroatoms. The number of amides is 1. The molecule has 2 aromatic carbocycles. The summed E-state index contributed by atoms with van der Waals surface area (Å²) in [4.78, 5) is 15.8. The second-order valence-corrected chi connectivity index (χ2v) is 9.90. The molecule has 0 saturated carbocycles. The quantitative estimate of drug-likeness (QED) is 0.624. The van der Waals surface area contributed by atoms with Crippen LogP contribution in [0.2, 0.25) is 0 Å². The Balaban J connectivity index is 1.86. The molecule has 0 aliphatic carbocycles. The van der Waals surface area contributed by atoms with Gasteiger partial charge >= 0.3 is 0 Å². The predicted molar refractivity (Wildman–Crippen MR) is 115 cm³/mol. The Morgan fingerprint density at radius 2 is 1.79 bits per heavy atom. The van der Waals surface area contributed by atoms with Crippen LogP contribution in [0, 0.1) is 0 Å². The van der Waals surface area contributed by atoms with Crippen molar-refractivity contribution in [2.24, 2.45) is 0 Å². The number of benzene rings is 2. The van der Waals surface area contributed by atoms with Crippen molar-refractivity contribution in [3.05, 3.63) is 53.6 Å². The van der Waals surface area contributed by atoms with Gasteiger partial charge in [0.25, 0.3) is 5.91 Å². The average molecular weight is 435 g/mol. The minimum atomic E-state index is -3.76. The van der Waals surface area contributed by atoms with Crippen LogP contribution in [0.25, 0.3) is 0 Å². The molecule has 156 valence electrons. The molecule has 0 radical (unpaired) electrons. The zero-order valence-electron chi connectivity index (χ0n) is 16.9. The number of likely N-dealkylation sites (tertiary alicyclic amines) is 1. The maximum atomic E-state index is 13.1. The summed E-state index contributed by atoms with van der Waals surface area (Å²) in [6.45, 7) is 1.62. The summed E-state index contributed by atoms with van der Waals surface area (Å²) in [5, 5.41) is 0. The SMILES string of the molecule is COc1ccc(S(=O)(=O)N(C)Cc2ccc(SC)cc2)cc1C(=O)N1CCCC1. The van der Waals surface area contributed by atoms with Gasteiger partial charge in [-0.25, -0.2) is 8.42 Å². The Morgan fingerprint density at radius 1 is 1.14 bits per heavy atom. The van der Waals surface area contributed by atoms with Crippen molar-refractivity contribution in [2.75, 3.05) is 33.5 Å². The summed E-state index contributed by atoms with van der Waals surface area (Å²) < 4.78 is 32.8. The minimum Gasteiger partial charge on any atom is -0.496 e. The fraction of sp³-hybridized carbons (Fsp3) is 0.381. The fourth-order valence-electron chi connectivity index (χ4n) is 3.36. The van der Waals surface area contributed by atoms with Crippen LogP contribution < -0.4 is 4.74 Å². The number of sulfonamides is 1. The van der Waals surface area contributed by atoms with Crippen LogP contribution >= 0.6 is 11.8 Å². The van der Waals surface area contributed by atoms with Crippen LogP contribution in [-0.4, -0.2) is 57.0 Å². The van der Waals surface area contributed by atoms with Gasteiger partial charge in [-0.3, -0.25) is 4.79 Å². The van der Waals surface area contributed by atoms with Crippen LogP contribution in [0.1, 0.15) is 28.8 Å². The van der Waals surface area contributed by atoms with E-state index in [1.54, 1.807) is 29.8 Å². The molecule has 0 aromatic heterocycles. The summed E-state index contributed by atoms with van der Waals surface area (Å²) in [5.74, 6) is 0.197. The first-order chi connectivity index (χ1) is 13.9. The van der Waals surface area contributed by atoms with E-state index in [1.807, 2.05) is 30.5 Å². The molecule has 1 aliphatic rings. The summed E-state index contributed by atoms with van der Waals surface area (Å²) in [6.07, 6.45) is 3.92. The van der Waals surface area contributed by atoms with E-state index in [-0.39, 0.29) is 22.9 Å². The van der Waals surface area contributed by atoms with E-state index in [9.17, 15) is 13.2 Å². The van der Waals surface area contributed by atoms with Gasteiger partial charge in [0.1, 0.15) is 5.75 Å². The van der Waals surface area contributed by atoms with Gasteiger partial charge < -0.3 is 9.64 Å². The van der Waals surface area contributed by atoms with Gasteiger partial charge in [0.05, 0.1) is 17.6 Å². The molecule has 2 aromatic rings. The minimum absolute atomic E-state index is 0.0871. The van der Waals surface area contributed by atoms with Gasteiger partial charge in [-0.2, -0.15) is 4.31 Å². The number of carbonyl (C=O) groups is 1. The number of carbonyl (C=O) groups excluding carboxylic acids is 1. The Labute approximate surface area is 176 Å². The Bertz CT molecular complexity index is 969. The molecule has 1 fully saturated rings. The number of hydrogen-bond acceptors (Lipinski definition) is 5. The summed E-state index contributed by atoms with van der Waals surface area (Å²) in [5.41, 5.74) is 1.18. The lowest BCUT2D eigenvalue weighted by Gasteiger charge is -2.20. The standard InChI is InChI=1S/C21H26N2O4S2/c1-22(15-16-6-8-17(28-3)9-7-16)29(25,26)18-10-11-20(27-2)19(14-18)21(24)23-12-4-5-13-23/h6-11,14H,4-5,12-13,15H2,1-3H3. The molecular weight excluding hydrogens is 408 g/mol.